The SMILES string of the molecule is CCCC(=CCCO)C(=O)O. The molecule has 3 nitrogen and oxygen atoms in total. The fourth-order valence-corrected chi connectivity index (χ4v) is 0.804. The number of aliphatic carboxylic acids is 1. The van der Waals surface area contributed by atoms with Crippen LogP contribution in [0.3, 0.4) is 0 Å². The average molecular weight is 158 g/mol. The van der Waals surface area contributed by atoms with Gasteiger partial charge in [-0.2, -0.15) is 0 Å². The van der Waals surface area contributed by atoms with Crippen molar-refractivity contribution >= 4 is 5.97 Å². The van der Waals surface area contributed by atoms with Crippen LogP contribution in [0.5, 0.6) is 0 Å². The molecule has 64 valence electrons. The molecular formula is C8H14O3. The fourth-order valence-electron chi connectivity index (χ4n) is 0.804. The Kier molecular flexibility index (Phi) is 5.47. The van der Waals surface area contributed by atoms with Gasteiger partial charge in [-0.05, 0) is 12.8 Å². The van der Waals surface area contributed by atoms with Crippen molar-refractivity contribution in [3.05, 3.63) is 11.6 Å². The van der Waals surface area contributed by atoms with E-state index in [-0.39, 0.29) is 6.61 Å². The molecule has 0 saturated heterocycles. The van der Waals surface area contributed by atoms with Crippen molar-refractivity contribution in [1.82, 2.24) is 0 Å². The highest BCUT2D eigenvalue weighted by molar-refractivity contribution is 5.86. The summed E-state index contributed by atoms with van der Waals surface area (Å²) in [6, 6.07) is 0. The lowest BCUT2D eigenvalue weighted by Gasteiger charge is -1.97. The van der Waals surface area contributed by atoms with Gasteiger partial charge in [0, 0.05) is 12.2 Å². The predicted molar refractivity (Wildman–Crippen MR) is 42.3 cm³/mol. The van der Waals surface area contributed by atoms with Crippen LogP contribution in [0, 0.1) is 0 Å². The third-order valence-corrected chi connectivity index (χ3v) is 1.31. The van der Waals surface area contributed by atoms with Crippen molar-refractivity contribution in [3.8, 4) is 0 Å². The summed E-state index contributed by atoms with van der Waals surface area (Å²) in [5, 5.41) is 17.0. The van der Waals surface area contributed by atoms with Crippen LogP contribution in [-0.4, -0.2) is 22.8 Å². The van der Waals surface area contributed by atoms with E-state index in [1.807, 2.05) is 6.92 Å². The normalized spacial score (nSPS) is 11.6. The minimum atomic E-state index is -0.875. The monoisotopic (exact) mass is 158 g/mol. The Bertz CT molecular complexity index is 149. The number of aliphatic hydroxyl groups is 1. The maximum Gasteiger partial charge on any atom is 0.331 e. The zero-order valence-corrected chi connectivity index (χ0v) is 6.71. The molecule has 0 aromatic rings. The zero-order chi connectivity index (χ0) is 8.69. The molecule has 0 saturated carbocycles. The smallest absolute Gasteiger partial charge is 0.331 e. The second kappa shape index (κ2) is 5.92. The van der Waals surface area contributed by atoms with Crippen LogP contribution in [0.25, 0.3) is 0 Å². The number of aliphatic hydroxyl groups excluding tert-OH is 1. The standard InChI is InChI=1S/C8H14O3/c1-2-4-7(8(10)11)5-3-6-9/h5,9H,2-4,6H2,1H3,(H,10,11). The summed E-state index contributed by atoms with van der Waals surface area (Å²) < 4.78 is 0. The lowest BCUT2D eigenvalue weighted by molar-refractivity contribution is -0.132. The Hall–Kier alpha value is -0.830. The maximum atomic E-state index is 10.4. The molecule has 0 unspecified atom stereocenters. The summed E-state index contributed by atoms with van der Waals surface area (Å²) in [5.74, 6) is -0.875. The summed E-state index contributed by atoms with van der Waals surface area (Å²) in [6.07, 6.45) is 3.41. The lowest BCUT2D eigenvalue weighted by Crippen LogP contribution is -2.00. The van der Waals surface area contributed by atoms with Crippen LogP contribution < -0.4 is 0 Å². The highest BCUT2D eigenvalue weighted by atomic mass is 16.4. The van der Waals surface area contributed by atoms with E-state index in [4.69, 9.17) is 10.2 Å². The van der Waals surface area contributed by atoms with Crippen LogP contribution in [0.4, 0.5) is 0 Å². The Morgan fingerprint density at radius 2 is 2.18 bits per heavy atom. The van der Waals surface area contributed by atoms with Crippen molar-refractivity contribution in [1.29, 1.82) is 0 Å². The molecule has 3 heteroatoms. The minimum Gasteiger partial charge on any atom is -0.478 e. The topological polar surface area (TPSA) is 57.5 Å². The molecule has 0 atom stereocenters. The molecule has 0 fully saturated rings. The van der Waals surface area contributed by atoms with E-state index >= 15 is 0 Å². The van der Waals surface area contributed by atoms with E-state index in [1.54, 1.807) is 6.08 Å². The Morgan fingerprint density at radius 3 is 2.55 bits per heavy atom. The molecule has 0 amide bonds. The van der Waals surface area contributed by atoms with Crippen LogP contribution >= 0.6 is 0 Å². The van der Waals surface area contributed by atoms with Gasteiger partial charge in [-0.25, -0.2) is 4.79 Å². The van der Waals surface area contributed by atoms with Gasteiger partial charge in [0.1, 0.15) is 0 Å². The molecule has 0 aromatic heterocycles. The number of carboxylic acid groups (broad SMARTS) is 1. The number of carbonyl (C=O) groups is 1. The van der Waals surface area contributed by atoms with Crippen LogP contribution in [-0.2, 0) is 4.79 Å². The van der Waals surface area contributed by atoms with Crippen molar-refractivity contribution in [2.45, 2.75) is 26.2 Å². The molecule has 0 heterocycles. The molecular weight excluding hydrogens is 144 g/mol. The predicted octanol–water partition coefficient (Wildman–Crippen LogP) is 1.18. The molecule has 0 radical (unpaired) electrons. The number of hydrogen-bond donors (Lipinski definition) is 2. The third kappa shape index (κ3) is 4.56. The molecule has 0 aliphatic rings. The van der Waals surface area contributed by atoms with Gasteiger partial charge in [0.05, 0.1) is 0 Å². The highest BCUT2D eigenvalue weighted by Gasteiger charge is 2.03. The van der Waals surface area contributed by atoms with E-state index in [9.17, 15) is 4.79 Å². The summed E-state index contributed by atoms with van der Waals surface area (Å²) in [4.78, 5) is 10.4. The van der Waals surface area contributed by atoms with E-state index in [1.165, 1.54) is 0 Å². The molecule has 0 rings (SSSR count). The molecule has 11 heavy (non-hydrogen) atoms. The van der Waals surface area contributed by atoms with Gasteiger partial charge in [-0.3, -0.25) is 0 Å². The van der Waals surface area contributed by atoms with Gasteiger partial charge >= 0.3 is 5.97 Å². The Balaban J connectivity index is 3.97. The van der Waals surface area contributed by atoms with Gasteiger partial charge in [0.15, 0.2) is 0 Å². The van der Waals surface area contributed by atoms with E-state index in [0.29, 0.717) is 18.4 Å². The fraction of sp³-hybridized carbons (Fsp3) is 0.625. The Labute approximate surface area is 66.4 Å². The number of hydrogen-bond acceptors (Lipinski definition) is 2. The van der Waals surface area contributed by atoms with Gasteiger partial charge in [-0.1, -0.05) is 19.4 Å². The van der Waals surface area contributed by atoms with Crippen molar-refractivity contribution < 1.29 is 15.0 Å². The summed E-state index contributed by atoms with van der Waals surface area (Å²) in [7, 11) is 0. The van der Waals surface area contributed by atoms with E-state index < -0.39 is 5.97 Å². The Morgan fingerprint density at radius 1 is 1.55 bits per heavy atom. The van der Waals surface area contributed by atoms with Crippen LogP contribution in [0.15, 0.2) is 11.6 Å². The first kappa shape index (κ1) is 10.2. The molecule has 0 spiro atoms. The van der Waals surface area contributed by atoms with Gasteiger partial charge in [0.25, 0.3) is 0 Å². The second-order valence-electron chi connectivity index (χ2n) is 2.30. The van der Waals surface area contributed by atoms with E-state index in [0.717, 1.165) is 6.42 Å². The largest absolute Gasteiger partial charge is 0.478 e. The van der Waals surface area contributed by atoms with Crippen molar-refractivity contribution in [3.63, 3.8) is 0 Å². The first-order chi connectivity index (χ1) is 5.22. The molecule has 0 aliphatic carbocycles. The van der Waals surface area contributed by atoms with Gasteiger partial charge in [0.2, 0.25) is 0 Å². The average Bonchev–Trinajstić information content (AvgIpc) is 1.97. The van der Waals surface area contributed by atoms with Crippen molar-refractivity contribution in [2.75, 3.05) is 6.61 Å². The molecule has 0 bridgehead atoms. The quantitative estimate of drug-likeness (QED) is 0.591. The first-order valence-electron chi connectivity index (χ1n) is 3.75. The zero-order valence-electron chi connectivity index (χ0n) is 6.71. The van der Waals surface area contributed by atoms with Crippen molar-refractivity contribution in [2.24, 2.45) is 0 Å². The minimum absolute atomic E-state index is 0.0144. The number of rotatable bonds is 5. The van der Waals surface area contributed by atoms with Crippen LogP contribution in [0.2, 0.25) is 0 Å². The third-order valence-electron chi connectivity index (χ3n) is 1.31. The second-order valence-corrected chi connectivity index (χ2v) is 2.30. The summed E-state index contributed by atoms with van der Waals surface area (Å²) in [5.41, 5.74) is 0.404. The lowest BCUT2D eigenvalue weighted by atomic mass is 10.1. The maximum absolute atomic E-state index is 10.4. The molecule has 0 aromatic carbocycles. The summed E-state index contributed by atoms with van der Waals surface area (Å²) in [6.45, 7) is 1.94. The molecule has 2 N–H and O–H groups in total. The molecule has 0 aliphatic heterocycles. The highest BCUT2D eigenvalue weighted by Crippen LogP contribution is 2.05. The van der Waals surface area contributed by atoms with E-state index in [2.05, 4.69) is 0 Å². The van der Waals surface area contributed by atoms with Crippen LogP contribution in [0.1, 0.15) is 26.2 Å². The number of carboxylic acids is 1. The first-order valence-corrected chi connectivity index (χ1v) is 3.75. The van der Waals surface area contributed by atoms with Gasteiger partial charge in [-0.15, -0.1) is 0 Å². The van der Waals surface area contributed by atoms with Gasteiger partial charge < -0.3 is 10.2 Å². The summed E-state index contributed by atoms with van der Waals surface area (Å²) >= 11 is 0.